The molecular formula is C21H25N3O7S. The minimum absolute atomic E-state index is 0.0824. The quantitative estimate of drug-likeness (QED) is 0.343. The number of nitro groups is 1. The lowest BCUT2D eigenvalue weighted by Gasteiger charge is -2.30. The van der Waals surface area contributed by atoms with Gasteiger partial charge in [-0.2, -0.15) is 0 Å². The first-order valence-electron chi connectivity index (χ1n) is 9.78. The van der Waals surface area contributed by atoms with Gasteiger partial charge in [0.1, 0.15) is 0 Å². The number of non-ortho nitro benzene ring substituents is 1. The zero-order chi connectivity index (χ0) is 24.1. The van der Waals surface area contributed by atoms with Crippen molar-refractivity contribution in [2.45, 2.75) is 44.7 Å². The summed E-state index contributed by atoms with van der Waals surface area (Å²) in [4.78, 5) is 36.5. The number of sulfonamides is 1. The maximum atomic E-state index is 12.7. The van der Waals surface area contributed by atoms with Crippen LogP contribution in [0.2, 0.25) is 0 Å². The molecule has 0 fully saturated rings. The van der Waals surface area contributed by atoms with E-state index in [2.05, 4.69) is 4.72 Å². The Bertz CT molecular complexity index is 1110. The molecule has 0 saturated heterocycles. The van der Waals surface area contributed by atoms with Crippen LogP contribution >= 0.6 is 0 Å². The number of esters is 1. The minimum Gasteiger partial charge on any atom is -0.452 e. The van der Waals surface area contributed by atoms with Crippen molar-refractivity contribution in [3.05, 3.63) is 64.2 Å². The van der Waals surface area contributed by atoms with Gasteiger partial charge in [0.05, 0.1) is 21.1 Å². The molecule has 0 unspecified atom stereocenters. The number of rotatable bonds is 9. The van der Waals surface area contributed by atoms with E-state index in [-0.39, 0.29) is 39.8 Å². The minimum atomic E-state index is -4.23. The Hall–Kier alpha value is -3.47. The molecule has 172 valence electrons. The van der Waals surface area contributed by atoms with Crippen LogP contribution in [-0.2, 0) is 19.6 Å². The lowest BCUT2D eigenvalue weighted by molar-refractivity contribution is -0.385. The van der Waals surface area contributed by atoms with Crippen LogP contribution < -0.4 is 4.72 Å². The number of amides is 1. The molecule has 2 rings (SSSR count). The molecule has 2 aromatic rings. The van der Waals surface area contributed by atoms with Crippen LogP contribution in [0.25, 0.3) is 0 Å². The molecule has 2 aromatic carbocycles. The summed E-state index contributed by atoms with van der Waals surface area (Å²) in [5, 5.41) is 10.9. The van der Waals surface area contributed by atoms with E-state index in [0.29, 0.717) is 0 Å². The van der Waals surface area contributed by atoms with Crippen LogP contribution in [0, 0.1) is 10.1 Å². The second-order valence-corrected chi connectivity index (χ2v) is 9.15. The molecular weight excluding hydrogens is 438 g/mol. The Balaban J connectivity index is 2.22. The Morgan fingerprint density at radius 1 is 1.06 bits per heavy atom. The Morgan fingerprint density at radius 3 is 2.28 bits per heavy atom. The number of ether oxygens (including phenoxy) is 1. The predicted molar refractivity (Wildman–Crippen MR) is 118 cm³/mol. The number of nitro benzene ring substituents is 1. The van der Waals surface area contributed by atoms with Crippen LogP contribution in [0.3, 0.4) is 0 Å². The summed E-state index contributed by atoms with van der Waals surface area (Å²) in [6.07, 6.45) is 0. The molecule has 0 aliphatic heterocycles. The highest BCUT2D eigenvalue weighted by molar-refractivity contribution is 7.92. The molecule has 0 bridgehead atoms. The first-order valence-corrected chi connectivity index (χ1v) is 11.3. The van der Waals surface area contributed by atoms with Crippen molar-refractivity contribution in [1.29, 1.82) is 0 Å². The molecule has 11 heteroatoms. The summed E-state index contributed by atoms with van der Waals surface area (Å²) in [5.41, 5.74) is -0.574. The highest BCUT2D eigenvalue weighted by atomic mass is 32.2. The average Bonchev–Trinajstić information content (AvgIpc) is 2.71. The maximum absolute atomic E-state index is 12.7. The summed E-state index contributed by atoms with van der Waals surface area (Å²) >= 11 is 0. The molecule has 1 N–H and O–H groups in total. The monoisotopic (exact) mass is 463 g/mol. The van der Waals surface area contributed by atoms with Crippen molar-refractivity contribution in [2.75, 3.05) is 11.3 Å². The third kappa shape index (κ3) is 6.03. The van der Waals surface area contributed by atoms with Crippen molar-refractivity contribution in [1.82, 2.24) is 4.90 Å². The number of para-hydroxylation sites is 1. The molecule has 0 aliphatic rings. The van der Waals surface area contributed by atoms with Crippen molar-refractivity contribution in [2.24, 2.45) is 0 Å². The average molecular weight is 464 g/mol. The number of nitrogens with zero attached hydrogens (tertiary/aromatic N) is 2. The van der Waals surface area contributed by atoms with Gasteiger partial charge >= 0.3 is 5.97 Å². The topological polar surface area (TPSA) is 136 Å². The van der Waals surface area contributed by atoms with Crippen molar-refractivity contribution in [3.8, 4) is 0 Å². The smallest absolute Gasteiger partial charge is 0.340 e. The summed E-state index contributed by atoms with van der Waals surface area (Å²) in [7, 11) is -4.23. The molecule has 0 aliphatic carbocycles. The van der Waals surface area contributed by atoms with Gasteiger partial charge in [0.15, 0.2) is 6.61 Å². The molecule has 0 atom stereocenters. The molecule has 0 radical (unpaired) electrons. The van der Waals surface area contributed by atoms with E-state index in [4.69, 9.17) is 4.74 Å². The van der Waals surface area contributed by atoms with Gasteiger partial charge in [-0.3, -0.25) is 19.6 Å². The third-order valence-corrected chi connectivity index (χ3v) is 5.82. The van der Waals surface area contributed by atoms with Gasteiger partial charge in [0, 0.05) is 24.2 Å². The lowest BCUT2D eigenvalue weighted by Crippen LogP contribution is -2.44. The number of carbonyl (C=O) groups is 2. The van der Waals surface area contributed by atoms with Gasteiger partial charge in [0.25, 0.3) is 21.6 Å². The van der Waals surface area contributed by atoms with E-state index >= 15 is 0 Å². The number of hydrogen-bond donors (Lipinski definition) is 1. The number of nitrogens with one attached hydrogen (secondary N) is 1. The number of carbonyl (C=O) groups excluding carboxylic acids is 2. The van der Waals surface area contributed by atoms with Crippen LogP contribution in [-0.4, -0.2) is 48.8 Å². The Labute approximate surface area is 186 Å². The highest BCUT2D eigenvalue weighted by Gasteiger charge is 2.24. The standard InChI is InChI=1S/C21H25N3O7S/c1-14(2)23(15(3)4)20(25)13-31-21(26)18-10-5-6-11-19(18)22-32(29,30)17-9-7-8-16(12-17)24(27)28/h5-12,14-15,22H,13H2,1-4H3. The lowest BCUT2D eigenvalue weighted by atomic mass is 10.2. The maximum Gasteiger partial charge on any atom is 0.340 e. The number of anilines is 1. The second-order valence-electron chi connectivity index (χ2n) is 7.47. The highest BCUT2D eigenvalue weighted by Crippen LogP contribution is 2.23. The molecule has 0 heterocycles. The zero-order valence-corrected chi connectivity index (χ0v) is 19.0. The third-order valence-electron chi connectivity index (χ3n) is 4.46. The fraction of sp³-hybridized carbons (Fsp3) is 0.333. The summed E-state index contributed by atoms with van der Waals surface area (Å²) in [5.74, 6) is -1.26. The molecule has 10 nitrogen and oxygen atoms in total. The van der Waals surface area contributed by atoms with Crippen LogP contribution in [0.4, 0.5) is 11.4 Å². The number of benzene rings is 2. The summed E-state index contributed by atoms with van der Waals surface area (Å²) in [6.45, 7) is 6.88. The van der Waals surface area contributed by atoms with E-state index in [1.165, 1.54) is 42.5 Å². The fourth-order valence-electron chi connectivity index (χ4n) is 3.17. The largest absolute Gasteiger partial charge is 0.452 e. The Kier molecular flexibility index (Phi) is 7.92. The normalized spacial score (nSPS) is 11.3. The SMILES string of the molecule is CC(C)N(C(=O)COC(=O)c1ccccc1NS(=O)(=O)c1cccc([N+](=O)[O-])c1)C(C)C. The van der Waals surface area contributed by atoms with Gasteiger partial charge in [-0.05, 0) is 45.9 Å². The van der Waals surface area contributed by atoms with E-state index in [0.717, 1.165) is 6.07 Å². The van der Waals surface area contributed by atoms with Crippen molar-refractivity contribution < 1.29 is 27.7 Å². The van der Waals surface area contributed by atoms with Gasteiger partial charge in [-0.25, -0.2) is 13.2 Å². The van der Waals surface area contributed by atoms with E-state index in [1.807, 2.05) is 27.7 Å². The molecule has 0 spiro atoms. The molecule has 0 aromatic heterocycles. The van der Waals surface area contributed by atoms with Crippen LogP contribution in [0.1, 0.15) is 38.1 Å². The van der Waals surface area contributed by atoms with Gasteiger partial charge in [-0.15, -0.1) is 0 Å². The zero-order valence-electron chi connectivity index (χ0n) is 18.1. The van der Waals surface area contributed by atoms with Crippen LogP contribution in [0.5, 0.6) is 0 Å². The van der Waals surface area contributed by atoms with Gasteiger partial charge < -0.3 is 9.64 Å². The first-order chi connectivity index (χ1) is 14.9. The fourth-order valence-corrected chi connectivity index (χ4v) is 4.29. The van der Waals surface area contributed by atoms with E-state index < -0.39 is 27.5 Å². The van der Waals surface area contributed by atoms with E-state index in [9.17, 15) is 28.1 Å². The predicted octanol–water partition coefficient (Wildman–Crippen LogP) is 3.20. The van der Waals surface area contributed by atoms with Crippen LogP contribution in [0.15, 0.2) is 53.4 Å². The molecule has 0 saturated carbocycles. The van der Waals surface area contributed by atoms with Crippen molar-refractivity contribution >= 4 is 33.3 Å². The first kappa shape index (κ1) is 24.8. The summed E-state index contributed by atoms with van der Waals surface area (Å²) in [6, 6.07) is 10.1. The molecule has 32 heavy (non-hydrogen) atoms. The van der Waals surface area contributed by atoms with Gasteiger partial charge in [0.2, 0.25) is 0 Å². The van der Waals surface area contributed by atoms with E-state index in [1.54, 1.807) is 4.90 Å². The van der Waals surface area contributed by atoms with Gasteiger partial charge in [-0.1, -0.05) is 18.2 Å². The number of hydrogen-bond acceptors (Lipinski definition) is 7. The summed E-state index contributed by atoms with van der Waals surface area (Å²) < 4.78 is 32.8. The van der Waals surface area contributed by atoms with Crippen molar-refractivity contribution in [3.63, 3.8) is 0 Å². The molecule has 1 amide bonds. The Morgan fingerprint density at radius 2 is 1.69 bits per heavy atom. The second kappa shape index (κ2) is 10.2.